The molecule has 2 atom stereocenters. The second-order valence-corrected chi connectivity index (χ2v) is 5.82. The smallest absolute Gasteiger partial charge is 0.307 e. The SMILES string of the molecule is CC(C)CN(CC(C)C)C(=O)[C@@H]1C[C@@H]1C(=O)O. The summed E-state index contributed by atoms with van der Waals surface area (Å²) in [6.07, 6.45) is 0.515. The standard InChI is InChI=1S/C13H23NO3/c1-8(2)6-14(7-9(3)4)12(15)10-5-11(10)13(16)17/h8-11H,5-7H2,1-4H3,(H,16,17)/t10-,11+/m1/s1. The van der Waals surface area contributed by atoms with Gasteiger partial charge in [-0.1, -0.05) is 27.7 Å². The summed E-state index contributed by atoms with van der Waals surface area (Å²) in [6, 6.07) is 0. The van der Waals surface area contributed by atoms with Crippen LogP contribution in [0.25, 0.3) is 0 Å². The molecule has 98 valence electrons. The summed E-state index contributed by atoms with van der Waals surface area (Å²) in [6.45, 7) is 9.73. The van der Waals surface area contributed by atoms with E-state index in [1.807, 2.05) is 4.90 Å². The molecular weight excluding hydrogens is 218 g/mol. The summed E-state index contributed by atoms with van der Waals surface area (Å²) in [5, 5.41) is 8.85. The summed E-state index contributed by atoms with van der Waals surface area (Å²) in [4.78, 5) is 24.8. The highest BCUT2D eigenvalue weighted by Gasteiger charge is 2.49. The molecule has 0 aromatic carbocycles. The van der Waals surface area contributed by atoms with Gasteiger partial charge in [0.25, 0.3) is 0 Å². The van der Waals surface area contributed by atoms with Crippen LogP contribution in [0.4, 0.5) is 0 Å². The molecule has 0 radical (unpaired) electrons. The Balaban J connectivity index is 2.58. The van der Waals surface area contributed by atoms with E-state index in [-0.39, 0.29) is 11.8 Å². The van der Waals surface area contributed by atoms with Gasteiger partial charge in [0.2, 0.25) is 5.91 Å². The van der Waals surface area contributed by atoms with Crippen molar-refractivity contribution in [3.63, 3.8) is 0 Å². The van der Waals surface area contributed by atoms with E-state index in [0.29, 0.717) is 18.3 Å². The van der Waals surface area contributed by atoms with Gasteiger partial charge in [-0.2, -0.15) is 0 Å². The predicted octanol–water partition coefficient (Wildman–Crippen LogP) is 1.85. The van der Waals surface area contributed by atoms with Crippen LogP contribution in [0, 0.1) is 23.7 Å². The Morgan fingerprint density at radius 1 is 1.12 bits per heavy atom. The first-order chi connectivity index (χ1) is 7.82. The number of hydrogen-bond donors (Lipinski definition) is 1. The van der Waals surface area contributed by atoms with Crippen molar-refractivity contribution < 1.29 is 14.7 Å². The number of carboxylic acid groups (broad SMARTS) is 1. The molecule has 0 heterocycles. The average molecular weight is 241 g/mol. The maximum Gasteiger partial charge on any atom is 0.307 e. The van der Waals surface area contributed by atoms with Crippen molar-refractivity contribution in [2.45, 2.75) is 34.1 Å². The van der Waals surface area contributed by atoms with E-state index in [1.54, 1.807) is 0 Å². The van der Waals surface area contributed by atoms with E-state index in [2.05, 4.69) is 27.7 Å². The van der Waals surface area contributed by atoms with Crippen LogP contribution in [0.3, 0.4) is 0 Å². The minimum atomic E-state index is -0.836. The second-order valence-electron chi connectivity index (χ2n) is 5.82. The van der Waals surface area contributed by atoms with Crippen LogP contribution in [0.5, 0.6) is 0 Å². The van der Waals surface area contributed by atoms with Crippen molar-refractivity contribution in [2.75, 3.05) is 13.1 Å². The van der Waals surface area contributed by atoms with Gasteiger partial charge < -0.3 is 10.0 Å². The quantitative estimate of drug-likeness (QED) is 0.772. The molecule has 17 heavy (non-hydrogen) atoms. The topological polar surface area (TPSA) is 57.6 Å². The van der Waals surface area contributed by atoms with Gasteiger partial charge in [0.15, 0.2) is 0 Å². The summed E-state index contributed by atoms with van der Waals surface area (Å²) >= 11 is 0. The molecule has 0 unspecified atom stereocenters. The molecule has 1 rings (SSSR count). The summed E-state index contributed by atoms with van der Waals surface area (Å²) < 4.78 is 0. The van der Waals surface area contributed by atoms with Crippen LogP contribution in [0.1, 0.15) is 34.1 Å². The Bertz CT molecular complexity index is 289. The molecule has 0 aromatic rings. The zero-order chi connectivity index (χ0) is 13.2. The van der Waals surface area contributed by atoms with Crippen molar-refractivity contribution in [3.05, 3.63) is 0 Å². The third kappa shape index (κ3) is 4.02. The summed E-state index contributed by atoms with van der Waals surface area (Å²) in [7, 11) is 0. The molecule has 1 amide bonds. The van der Waals surface area contributed by atoms with Gasteiger partial charge in [-0.25, -0.2) is 0 Å². The Morgan fingerprint density at radius 3 is 1.88 bits per heavy atom. The second kappa shape index (κ2) is 5.52. The molecule has 4 heteroatoms. The fourth-order valence-corrected chi connectivity index (χ4v) is 2.11. The Morgan fingerprint density at radius 2 is 1.59 bits per heavy atom. The maximum absolute atomic E-state index is 12.2. The van der Waals surface area contributed by atoms with Gasteiger partial charge in [-0.3, -0.25) is 9.59 Å². The fraction of sp³-hybridized carbons (Fsp3) is 0.846. The number of rotatable bonds is 6. The molecule has 1 fully saturated rings. The molecule has 1 aliphatic rings. The van der Waals surface area contributed by atoms with E-state index < -0.39 is 11.9 Å². The highest BCUT2D eigenvalue weighted by molar-refractivity contribution is 5.89. The van der Waals surface area contributed by atoms with E-state index >= 15 is 0 Å². The third-order valence-corrected chi connectivity index (χ3v) is 2.91. The zero-order valence-corrected chi connectivity index (χ0v) is 11.1. The third-order valence-electron chi connectivity index (χ3n) is 2.91. The number of aliphatic carboxylic acids is 1. The number of hydrogen-bond acceptors (Lipinski definition) is 2. The lowest BCUT2D eigenvalue weighted by molar-refractivity contribution is -0.142. The lowest BCUT2D eigenvalue weighted by Gasteiger charge is -2.26. The molecule has 0 aliphatic heterocycles. The molecule has 4 nitrogen and oxygen atoms in total. The van der Waals surface area contributed by atoms with Gasteiger partial charge in [0.05, 0.1) is 11.8 Å². The molecule has 1 N–H and O–H groups in total. The largest absolute Gasteiger partial charge is 0.481 e. The molecule has 0 spiro atoms. The van der Waals surface area contributed by atoms with Crippen LogP contribution in [0.15, 0.2) is 0 Å². The van der Waals surface area contributed by atoms with Crippen molar-refractivity contribution in [2.24, 2.45) is 23.7 Å². The van der Waals surface area contributed by atoms with E-state index in [0.717, 1.165) is 13.1 Å². The summed E-state index contributed by atoms with van der Waals surface area (Å²) in [5.74, 6) is -0.689. The van der Waals surface area contributed by atoms with Gasteiger partial charge in [-0.05, 0) is 18.3 Å². The van der Waals surface area contributed by atoms with E-state index in [9.17, 15) is 9.59 Å². The highest BCUT2D eigenvalue weighted by atomic mass is 16.4. The molecule has 1 aliphatic carbocycles. The maximum atomic E-state index is 12.2. The highest BCUT2D eigenvalue weighted by Crippen LogP contribution is 2.40. The fourth-order valence-electron chi connectivity index (χ4n) is 2.11. The minimum Gasteiger partial charge on any atom is -0.481 e. The van der Waals surface area contributed by atoms with Gasteiger partial charge in [0.1, 0.15) is 0 Å². The van der Waals surface area contributed by atoms with Crippen LogP contribution in [-0.4, -0.2) is 35.0 Å². The van der Waals surface area contributed by atoms with E-state index in [4.69, 9.17) is 5.11 Å². The zero-order valence-electron chi connectivity index (χ0n) is 11.1. The van der Waals surface area contributed by atoms with Crippen LogP contribution in [0.2, 0.25) is 0 Å². The number of nitrogens with zero attached hydrogens (tertiary/aromatic N) is 1. The normalized spacial score (nSPS) is 22.9. The number of carbonyl (C=O) groups excluding carboxylic acids is 1. The van der Waals surface area contributed by atoms with E-state index in [1.165, 1.54) is 0 Å². The van der Waals surface area contributed by atoms with Crippen molar-refractivity contribution in [3.8, 4) is 0 Å². The molecule has 0 aromatic heterocycles. The van der Waals surface area contributed by atoms with Crippen LogP contribution >= 0.6 is 0 Å². The van der Waals surface area contributed by atoms with Crippen molar-refractivity contribution in [1.29, 1.82) is 0 Å². The van der Waals surface area contributed by atoms with Crippen LogP contribution < -0.4 is 0 Å². The molecule has 0 saturated heterocycles. The van der Waals surface area contributed by atoms with Crippen LogP contribution in [-0.2, 0) is 9.59 Å². The minimum absolute atomic E-state index is 0.0276. The first kappa shape index (κ1) is 14.0. The van der Waals surface area contributed by atoms with Crippen molar-refractivity contribution in [1.82, 2.24) is 4.90 Å². The van der Waals surface area contributed by atoms with Gasteiger partial charge in [0, 0.05) is 13.1 Å². The Hall–Kier alpha value is -1.06. The van der Waals surface area contributed by atoms with Gasteiger partial charge >= 0.3 is 5.97 Å². The predicted molar refractivity (Wildman–Crippen MR) is 65.5 cm³/mol. The summed E-state index contributed by atoms with van der Waals surface area (Å²) in [5.41, 5.74) is 0. The molecule has 1 saturated carbocycles. The Kier molecular flexibility index (Phi) is 4.54. The first-order valence-electron chi connectivity index (χ1n) is 6.34. The molecular formula is C13H23NO3. The number of carbonyl (C=O) groups is 2. The molecule has 0 bridgehead atoms. The van der Waals surface area contributed by atoms with Crippen molar-refractivity contribution >= 4 is 11.9 Å². The Labute approximate surface area is 103 Å². The monoisotopic (exact) mass is 241 g/mol. The number of carboxylic acids is 1. The lowest BCUT2D eigenvalue weighted by atomic mass is 10.1. The first-order valence-corrected chi connectivity index (χ1v) is 6.34. The van der Waals surface area contributed by atoms with Gasteiger partial charge in [-0.15, -0.1) is 0 Å². The number of amides is 1. The average Bonchev–Trinajstić information content (AvgIpc) is 2.93. The lowest BCUT2D eigenvalue weighted by Crippen LogP contribution is -2.38.